The zero-order valence-electron chi connectivity index (χ0n) is 14.7. The minimum absolute atomic E-state index is 0.388. The van der Waals surface area contributed by atoms with Crippen molar-refractivity contribution in [2.75, 3.05) is 31.2 Å². The van der Waals surface area contributed by atoms with Crippen molar-refractivity contribution in [1.29, 1.82) is 0 Å². The summed E-state index contributed by atoms with van der Waals surface area (Å²) in [6.45, 7) is 5.61. The van der Waals surface area contributed by atoms with Gasteiger partial charge in [0.15, 0.2) is 0 Å². The van der Waals surface area contributed by atoms with Crippen molar-refractivity contribution in [1.82, 2.24) is 15.1 Å². The maximum Gasteiger partial charge on any atom is 0.239 e. The molecule has 0 radical (unpaired) electrons. The van der Waals surface area contributed by atoms with E-state index in [2.05, 4.69) is 15.3 Å². The van der Waals surface area contributed by atoms with Gasteiger partial charge in [0.2, 0.25) is 5.91 Å². The molecular weight excluding hydrogens is 318 g/mol. The summed E-state index contributed by atoms with van der Waals surface area (Å²) < 4.78 is 7.35. The van der Waals surface area contributed by atoms with Crippen LogP contribution in [0.1, 0.15) is 22.9 Å². The number of nitrogens with two attached hydrogens (primary N) is 1. The minimum atomic E-state index is -0.529. The molecule has 7 heteroatoms. The summed E-state index contributed by atoms with van der Waals surface area (Å²) in [5.41, 5.74) is 8.51. The number of carbonyl (C=O) groups is 1. The molecule has 2 aromatic rings. The fraction of sp³-hybridized carbons (Fsp3) is 0.444. The lowest BCUT2D eigenvalue weighted by atomic mass is 10.1. The largest absolute Gasteiger partial charge is 0.378 e. The third-order valence-electron chi connectivity index (χ3n) is 4.52. The van der Waals surface area contributed by atoms with Gasteiger partial charge in [0.1, 0.15) is 11.9 Å². The van der Waals surface area contributed by atoms with Crippen LogP contribution in [-0.2, 0) is 23.1 Å². The molecule has 3 rings (SSSR count). The first-order chi connectivity index (χ1) is 12.1. The number of hydrogen-bond donors (Lipinski definition) is 2. The number of nitrogens with zero attached hydrogens (tertiary/aromatic N) is 3. The first kappa shape index (κ1) is 17.4. The molecule has 1 saturated heterocycles. The van der Waals surface area contributed by atoms with Gasteiger partial charge in [-0.15, -0.1) is 0 Å². The van der Waals surface area contributed by atoms with Crippen LogP contribution in [0.25, 0.3) is 0 Å². The molecule has 1 aromatic heterocycles. The maximum absolute atomic E-state index is 11.9. The van der Waals surface area contributed by atoms with Crippen molar-refractivity contribution < 1.29 is 9.53 Å². The number of anilines is 1. The summed E-state index contributed by atoms with van der Waals surface area (Å²) in [5, 5.41) is 7.86. The molecular formula is C18H25N5O2. The molecule has 25 heavy (non-hydrogen) atoms. The van der Waals surface area contributed by atoms with E-state index in [1.165, 1.54) is 0 Å². The van der Waals surface area contributed by atoms with Gasteiger partial charge in [-0.1, -0.05) is 30.3 Å². The highest BCUT2D eigenvalue weighted by Gasteiger charge is 2.23. The van der Waals surface area contributed by atoms with Gasteiger partial charge in [-0.05, 0) is 12.5 Å². The fourth-order valence-corrected chi connectivity index (χ4v) is 3.30. The van der Waals surface area contributed by atoms with Gasteiger partial charge >= 0.3 is 0 Å². The Morgan fingerprint density at radius 2 is 2.00 bits per heavy atom. The van der Waals surface area contributed by atoms with Gasteiger partial charge in [0.05, 0.1) is 18.9 Å². The molecule has 3 N–H and O–H groups in total. The lowest BCUT2D eigenvalue weighted by Crippen LogP contribution is -2.38. The molecule has 1 aliphatic heterocycles. The normalized spacial score (nSPS) is 16.0. The summed E-state index contributed by atoms with van der Waals surface area (Å²) in [7, 11) is 1.95. The number of carbonyl (C=O) groups excluding carboxylic acids is 1. The summed E-state index contributed by atoms with van der Waals surface area (Å²) in [6.07, 6.45) is 0. The number of aryl methyl sites for hydroxylation is 2. The van der Waals surface area contributed by atoms with Crippen LogP contribution in [0.4, 0.5) is 5.82 Å². The third kappa shape index (κ3) is 3.83. The number of hydrogen-bond acceptors (Lipinski definition) is 5. The summed E-state index contributed by atoms with van der Waals surface area (Å²) >= 11 is 0. The van der Waals surface area contributed by atoms with E-state index in [1.807, 2.05) is 49.0 Å². The minimum Gasteiger partial charge on any atom is -0.378 e. The van der Waals surface area contributed by atoms with Crippen LogP contribution < -0.4 is 16.0 Å². The van der Waals surface area contributed by atoms with Crippen LogP contribution in [-0.4, -0.2) is 42.0 Å². The molecule has 0 spiro atoms. The van der Waals surface area contributed by atoms with E-state index in [1.54, 1.807) is 0 Å². The SMILES string of the molecule is Cc1nn(C)c(N2CCOCC2)c1CN[C@@H](C(N)=O)c1ccccc1. The number of morpholine rings is 1. The van der Waals surface area contributed by atoms with Crippen LogP contribution in [0.5, 0.6) is 0 Å². The summed E-state index contributed by atoms with van der Waals surface area (Å²) in [5.74, 6) is 0.685. The number of ether oxygens (including phenoxy) is 1. The van der Waals surface area contributed by atoms with E-state index in [-0.39, 0.29) is 5.91 Å². The van der Waals surface area contributed by atoms with Gasteiger partial charge in [0, 0.05) is 32.2 Å². The Balaban J connectivity index is 1.81. The molecule has 1 amide bonds. The number of primary amides is 1. The van der Waals surface area contributed by atoms with Crippen LogP contribution in [0, 0.1) is 6.92 Å². The molecule has 1 atom stereocenters. The van der Waals surface area contributed by atoms with Crippen molar-refractivity contribution in [2.24, 2.45) is 12.8 Å². The average Bonchev–Trinajstić information content (AvgIpc) is 2.90. The molecule has 0 bridgehead atoms. The lowest BCUT2D eigenvalue weighted by Gasteiger charge is -2.30. The van der Waals surface area contributed by atoms with Crippen LogP contribution in [0.15, 0.2) is 30.3 Å². The standard InChI is InChI=1S/C18H25N5O2/c1-13-15(18(22(2)21-13)23-8-10-25-11-9-23)12-20-16(17(19)24)14-6-4-3-5-7-14/h3-7,16,20H,8-12H2,1-2H3,(H2,19,24)/t16-/m1/s1. The highest BCUT2D eigenvalue weighted by atomic mass is 16.5. The topological polar surface area (TPSA) is 85.4 Å². The first-order valence-corrected chi connectivity index (χ1v) is 8.50. The number of benzene rings is 1. The van der Waals surface area contributed by atoms with E-state index in [0.717, 1.165) is 35.7 Å². The van der Waals surface area contributed by atoms with Crippen molar-refractivity contribution in [3.63, 3.8) is 0 Å². The van der Waals surface area contributed by atoms with Gasteiger partial charge in [0.25, 0.3) is 0 Å². The van der Waals surface area contributed by atoms with Crippen molar-refractivity contribution in [2.45, 2.75) is 19.5 Å². The van der Waals surface area contributed by atoms with E-state index in [4.69, 9.17) is 10.5 Å². The zero-order chi connectivity index (χ0) is 17.8. The molecule has 1 fully saturated rings. The molecule has 0 aliphatic carbocycles. The second-order valence-corrected chi connectivity index (χ2v) is 6.24. The Kier molecular flexibility index (Phi) is 5.35. The molecule has 0 unspecified atom stereocenters. The predicted octanol–water partition coefficient (Wildman–Crippen LogP) is 0.881. The van der Waals surface area contributed by atoms with Crippen molar-refractivity contribution in [3.05, 3.63) is 47.2 Å². The molecule has 7 nitrogen and oxygen atoms in total. The Morgan fingerprint density at radius 1 is 1.32 bits per heavy atom. The van der Waals surface area contributed by atoms with Gasteiger partial charge in [-0.3, -0.25) is 14.8 Å². The van der Waals surface area contributed by atoms with Crippen LogP contribution in [0.2, 0.25) is 0 Å². The van der Waals surface area contributed by atoms with Gasteiger partial charge in [-0.2, -0.15) is 5.10 Å². The summed E-state index contributed by atoms with van der Waals surface area (Å²) in [4.78, 5) is 14.2. The Morgan fingerprint density at radius 3 is 2.64 bits per heavy atom. The Hall–Kier alpha value is -2.38. The van der Waals surface area contributed by atoms with Crippen molar-refractivity contribution >= 4 is 11.7 Å². The highest BCUT2D eigenvalue weighted by molar-refractivity contribution is 5.81. The lowest BCUT2D eigenvalue weighted by molar-refractivity contribution is -0.120. The van der Waals surface area contributed by atoms with E-state index >= 15 is 0 Å². The van der Waals surface area contributed by atoms with Gasteiger partial charge < -0.3 is 15.4 Å². The molecule has 2 heterocycles. The smallest absolute Gasteiger partial charge is 0.239 e. The van der Waals surface area contributed by atoms with E-state index in [0.29, 0.717) is 19.8 Å². The predicted molar refractivity (Wildman–Crippen MR) is 96.2 cm³/mol. The highest BCUT2D eigenvalue weighted by Crippen LogP contribution is 2.25. The average molecular weight is 343 g/mol. The van der Waals surface area contributed by atoms with Crippen LogP contribution >= 0.6 is 0 Å². The summed E-state index contributed by atoms with van der Waals surface area (Å²) in [6, 6.07) is 9.01. The number of aromatic nitrogens is 2. The van der Waals surface area contributed by atoms with E-state index < -0.39 is 6.04 Å². The molecule has 1 aliphatic rings. The molecule has 1 aromatic carbocycles. The van der Waals surface area contributed by atoms with Crippen LogP contribution in [0.3, 0.4) is 0 Å². The zero-order valence-corrected chi connectivity index (χ0v) is 14.7. The fourth-order valence-electron chi connectivity index (χ4n) is 3.30. The monoisotopic (exact) mass is 343 g/mol. The number of nitrogens with one attached hydrogen (secondary N) is 1. The van der Waals surface area contributed by atoms with Crippen molar-refractivity contribution in [3.8, 4) is 0 Å². The second kappa shape index (κ2) is 7.67. The first-order valence-electron chi connectivity index (χ1n) is 8.50. The molecule has 134 valence electrons. The quantitative estimate of drug-likeness (QED) is 0.813. The number of amides is 1. The third-order valence-corrected chi connectivity index (χ3v) is 4.52. The Bertz CT molecular complexity index is 723. The second-order valence-electron chi connectivity index (χ2n) is 6.24. The van der Waals surface area contributed by atoms with E-state index in [9.17, 15) is 4.79 Å². The van der Waals surface area contributed by atoms with Gasteiger partial charge in [-0.25, -0.2) is 0 Å². The maximum atomic E-state index is 11.9. The molecule has 0 saturated carbocycles. The number of rotatable bonds is 6. The Labute approximate surface area is 147 Å².